The van der Waals surface area contributed by atoms with Gasteiger partial charge in [-0.1, -0.05) is 31.4 Å². The normalized spacial score (nSPS) is 17.9. The minimum Gasteiger partial charge on any atom is -0.321 e. The van der Waals surface area contributed by atoms with Gasteiger partial charge in [-0.3, -0.25) is 4.57 Å². The van der Waals surface area contributed by atoms with Crippen molar-refractivity contribution >= 4 is 0 Å². The monoisotopic (exact) mass is 285 g/mol. The molecule has 0 radical (unpaired) electrons. The molecule has 1 aromatic heterocycles. The highest BCUT2D eigenvalue weighted by atomic mass is 16.1. The zero-order valence-electron chi connectivity index (χ0n) is 12.8. The van der Waals surface area contributed by atoms with Crippen molar-refractivity contribution < 1.29 is 0 Å². The molecular formula is C17H23N3O. The summed E-state index contributed by atoms with van der Waals surface area (Å²) in [6.07, 6.45) is 7.65. The van der Waals surface area contributed by atoms with E-state index in [2.05, 4.69) is 12.1 Å². The van der Waals surface area contributed by atoms with Gasteiger partial charge in [-0.25, -0.2) is 4.79 Å². The number of hydrogen-bond donors (Lipinski definition) is 1. The molecule has 0 unspecified atom stereocenters. The van der Waals surface area contributed by atoms with E-state index < -0.39 is 0 Å². The first-order valence-corrected chi connectivity index (χ1v) is 7.66. The van der Waals surface area contributed by atoms with Crippen LogP contribution in [0.2, 0.25) is 0 Å². The lowest BCUT2D eigenvalue weighted by atomic mass is 9.77. The molecule has 2 N–H and O–H groups in total. The van der Waals surface area contributed by atoms with Crippen molar-refractivity contribution in [1.29, 1.82) is 0 Å². The lowest BCUT2D eigenvalue weighted by Crippen LogP contribution is -2.38. The first-order valence-electron chi connectivity index (χ1n) is 7.66. The van der Waals surface area contributed by atoms with E-state index in [0.717, 1.165) is 24.2 Å². The highest BCUT2D eigenvalue weighted by Crippen LogP contribution is 2.34. The van der Waals surface area contributed by atoms with Crippen LogP contribution in [0, 0.1) is 6.92 Å². The molecule has 1 aromatic carbocycles. The number of aryl methyl sites for hydroxylation is 2. The van der Waals surface area contributed by atoms with Gasteiger partial charge in [0.2, 0.25) is 0 Å². The highest BCUT2D eigenvalue weighted by molar-refractivity contribution is 5.38. The number of imidazole rings is 1. The van der Waals surface area contributed by atoms with Crippen LogP contribution in [0.4, 0.5) is 0 Å². The Morgan fingerprint density at radius 3 is 2.24 bits per heavy atom. The molecule has 1 heterocycles. The van der Waals surface area contributed by atoms with Gasteiger partial charge in [0, 0.05) is 24.5 Å². The van der Waals surface area contributed by atoms with Gasteiger partial charge in [-0.2, -0.15) is 0 Å². The van der Waals surface area contributed by atoms with Crippen LogP contribution in [0.15, 0.2) is 35.3 Å². The Kier molecular flexibility index (Phi) is 3.49. The molecule has 2 aromatic rings. The van der Waals surface area contributed by atoms with Gasteiger partial charge in [0.1, 0.15) is 0 Å². The van der Waals surface area contributed by atoms with E-state index in [1.54, 1.807) is 16.2 Å². The van der Waals surface area contributed by atoms with Crippen LogP contribution in [0.5, 0.6) is 0 Å². The number of nitrogens with zero attached hydrogens (tertiary/aromatic N) is 2. The van der Waals surface area contributed by atoms with Gasteiger partial charge in [-0.05, 0) is 37.5 Å². The van der Waals surface area contributed by atoms with Crippen LogP contribution >= 0.6 is 0 Å². The summed E-state index contributed by atoms with van der Waals surface area (Å²) in [5.41, 5.74) is 9.39. The minimum absolute atomic E-state index is 0.0135. The predicted octanol–water partition coefficient (Wildman–Crippen LogP) is 2.60. The molecule has 0 amide bonds. The average Bonchev–Trinajstić information content (AvgIpc) is 2.73. The van der Waals surface area contributed by atoms with Crippen molar-refractivity contribution in [2.75, 3.05) is 0 Å². The third kappa shape index (κ3) is 2.44. The Morgan fingerprint density at radius 2 is 1.71 bits per heavy atom. The predicted molar refractivity (Wildman–Crippen MR) is 84.7 cm³/mol. The molecule has 4 heteroatoms. The second-order valence-corrected chi connectivity index (χ2v) is 6.26. The molecule has 0 bridgehead atoms. The van der Waals surface area contributed by atoms with E-state index in [1.807, 2.05) is 25.3 Å². The van der Waals surface area contributed by atoms with Crippen LogP contribution in [-0.2, 0) is 12.6 Å². The summed E-state index contributed by atoms with van der Waals surface area (Å²) in [6.45, 7) is 1.95. The van der Waals surface area contributed by atoms with Crippen LogP contribution in [-0.4, -0.2) is 9.13 Å². The fraction of sp³-hybridized carbons (Fsp3) is 0.471. The van der Waals surface area contributed by atoms with E-state index in [9.17, 15) is 4.79 Å². The van der Waals surface area contributed by atoms with E-state index >= 15 is 0 Å². The molecule has 21 heavy (non-hydrogen) atoms. The quantitative estimate of drug-likeness (QED) is 0.922. The van der Waals surface area contributed by atoms with Crippen molar-refractivity contribution in [3.8, 4) is 5.69 Å². The number of nitrogens with two attached hydrogens (primary N) is 1. The van der Waals surface area contributed by atoms with E-state index in [4.69, 9.17) is 5.73 Å². The standard InChI is InChI=1S/C17H23N3O/c1-13-12-19(2)16(21)20(13)15-8-6-14(7-9-15)17(18)10-4-3-5-11-17/h6-9,12H,3-5,10-11,18H2,1-2H3. The number of benzene rings is 1. The van der Waals surface area contributed by atoms with Gasteiger partial charge in [0.05, 0.1) is 5.69 Å². The zero-order valence-corrected chi connectivity index (χ0v) is 12.8. The molecule has 0 atom stereocenters. The second-order valence-electron chi connectivity index (χ2n) is 6.26. The molecule has 1 aliphatic carbocycles. The Bertz CT molecular complexity index is 688. The molecular weight excluding hydrogens is 262 g/mol. The molecule has 1 fully saturated rings. The van der Waals surface area contributed by atoms with Gasteiger partial charge in [0.25, 0.3) is 0 Å². The van der Waals surface area contributed by atoms with Gasteiger partial charge < -0.3 is 10.3 Å². The Hall–Kier alpha value is -1.81. The third-order valence-corrected chi connectivity index (χ3v) is 4.67. The molecule has 1 saturated carbocycles. The maximum Gasteiger partial charge on any atom is 0.332 e. The van der Waals surface area contributed by atoms with E-state index in [-0.39, 0.29) is 11.2 Å². The first kappa shape index (κ1) is 14.1. The van der Waals surface area contributed by atoms with Crippen LogP contribution < -0.4 is 11.4 Å². The van der Waals surface area contributed by atoms with Crippen LogP contribution in [0.25, 0.3) is 5.69 Å². The van der Waals surface area contributed by atoms with Crippen molar-refractivity contribution in [3.63, 3.8) is 0 Å². The molecule has 0 aliphatic heterocycles. The Labute approximate surface area is 125 Å². The van der Waals surface area contributed by atoms with Crippen molar-refractivity contribution in [1.82, 2.24) is 9.13 Å². The topological polar surface area (TPSA) is 53.0 Å². The van der Waals surface area contributed by atoms with E-state index in [1.165, 1.54) is 24.8 Å². The lowest BCUT2D eigenvalue weighted by Gasteiger charge is -2.34. The molecule has 4 nitrogen and oxygen atoms in total. The summed E-state index contributed by atoms with van der Waals surface area (Å²) in [6, 6.07) is 8.18. The number of hydrogen-bond acceptors (Lipinski definition) is 2. The van der Waals surface area contributed by atoms with Crippen LogP contribution in [0.1, 0.15) is 43.4 Å². The summed E-state index contributed by atoms with van der Waals surface area (Å²) in [7, 11) is 1.77. The SMILES string of the molecule is Cc1cn(C)c(=O)n1-c1ccc(C2(N)CCCCC2)cc1. The molecule has 0 saturated heterocycles. The summed E-state index contributed by atoms with van der Waals surface area (Å²) in [5, 5.41) is 0. The molecule has 3 rings (SSSR count). The Morgan fingerprint density at radius 1 is 1.10 bits per heavy atom. The fourth-order valence-electron chi connectivity index (χ4n) is 3.43. The molecule has 0 spiro atoms. The van der Waals surface area contributed by atoms with E-state index in [0.29, 0.717) is 0 Å². The van der Waals surface area contributed by atoms with Crippen LogP contribution in [0.3, 0.4) is 0 Å². The fourth-order valence-corrected chi connectivity index (χ4v) is 3.43. The third-order valence-electron chi connectivity index (χ3n) is 4.67. The number of rotatable bonds is 2. The average molecular weight is 285 g/mol. The number of aromatic nitrogens is 2. The minimum atomic E-state index is -0.187. The summed E-state index contributed by atoms with van der Waals surface area (Å²) < 4.78 is 3.34. The van der Waals surface area contributed by atoms with Crippen molar-refractivity contribution in [2.45, 2.75) is 44.6 Å². The highest BCUT2D eigenvalue weighted by Gasteiger charge is 2.29. The zero-order chi connectivity index (χ0) is 15.0. The van der Waals surface area contributed by atoms with Gasteiger partial charge in [-0.15, -0.1) is 0 Å². The van der Waals surface area contributed by atoms with Crippen molar-refractivity contribution in [2.24, 2.45) is 12.8 Å². The second kappa shape index (κ2) is 5.19. The summed E-state index contributed by atoms with van der Waals surface area (Å²) in [4.78, 5) is 12.1. The maximum absolute atomic E-state index is 12.1. The van der Waals surface area contributed by atoms with Gasteiger partial charge >= 0.3 is 5.69 Å². The molecule has 1 aliphatic rings. The summed E-state index contributed by atoms with van der Waals surface area (Å²) >= 11 is 0. The largest absolute Gasteiger partial charge is 0.332 e. The summed E-state index contributed by atoms with van der Waals surface area (Å²) in [5.74, 6) is 0. The van der Waals surface area contributed by atoms with Gasteiger partial charge in [0.15, 0.2) is 0 Å². The lowest BCUT2D eigenvalue weighted by molar-refractivity contribution is 0.302. The maximum atomic E-state index is 12.1. The smallest absolute Gasteiger partial charge is 0.321 e. The first-order chi connectivity index (χ1) is 10.0. The molecule has 112 valence electrons. The Balaban J connectivity index is 1.96. The van der Waals surface area contributed by atoms with Crippen molar-refractivity contribution in [3.05, 3.63) is 52.2 Å².